The minimum absolute atomic E-state index is 0.0862. The quantitative estimate of drug-likeness (QED) is 0.582. The average molecular weight is 363 g/mol. The first-order valence-electron chi connectivity index (χ1n) is 8.37. The van der Waals surface area contributed by atoms with Crippen molar-refractivity contribution in [2.75, 3.05) is 5.32 Å². The molecular weight excluding hydrogens is 348 g/mol. The highest BCUT2D eigenvalue weighted by Gasteiger charge is 2.17. The van der Waals surface area contributed by atoms with E-state index in [0.717, 1.165) is 0 Å². The molecule has 0 unspecified atom stereocenters. The Balaban J connectivity index is 1.70. The highest BCUT2D eigenvalue weighted by atomic mass is 19.1. The zero-order valence-corrected chi connectivity index (χ0v) is 14.2. The second-order valence-electron chi connectivity index (χ2n) is 6.10. The van der Waals surface area contributed by atoms with Crippen molar-refractivity contribution in [3.63, 3.8) is 0 Å². The number of pyridine rings is 1. The number of fused-ring (bicyclic) bond motifs is 1. The van der Waals surface area contributed by atoms with Crippen LogP contribution in [0.5, 0.6) is 0 Å². The van der Waals surface area contributed by atoms with E-state index in [1.54, 1.807) is 40.9 Å². The Morgan fingerprint density at radius 1 is 0.963 bits per heavy atom. The van der Waals surface area contributed by atoms with Crippen LogP contribution in [0.25, 0.3) is 16.9 Å². The molecule has 0 aliphatic carbocycles. The third-order valence-corrected chi connectivity index (χ3v) is 4.16. The van der Waals surface area contributed by atoms with Crippen molar-refractivity contribution in [3.8, 4) is 11.3 Å². The Bertz CT molecular complexity index is 1120. The summed E-state index contributed by atoms with van der Waals surface area (Å²) in [5.74, 6) is -0.546. The van der Waals surface area contributed by atoms with Crippen molar-refractivity contribution >= 4 is 17.4 Å². The summed E-state index contributed by atoms with van der Waals surface area (Å²) in [4.78, 5) is 17.1. The number of nitrogens with one attached hydrogen (secondary N) is 1. The zero-order chi connectivity index (χ0) is 18.8. The Hall–Kier alpha value is -3.54. The number of hydrogen-bond donors (Lipinski definition) is 1. The third kappa shape index (κ3) is 3.55. The summed E-state index contributed by atoms with van der Waals surface area (Å²) in [5.41, 5.74) is 2.37. The Morgan fingerprint density at radius 2 is 1.78 bits per heavy atom. The molecule has 0 aliphatic rings. The first kappa shape index (κ1) is 16.9. The highest BCUT2D eigenvalue weighted by molar-refractivity contribution is 5.95. The maximum atomic E-state index is 13.7. The predicted octanol–water partition coefficient (Wildman–Crippen LogP) is 4.46. The van der Waals surface area contributed by atoms with Gasteiger partial charge in [-0.25, -0.2) is 13.8 Å². The highest BCUT2D eigenvalue weighted by Crippen LogP contribution is 2.29. The van der Waals surface area contributed by atoms with Gasteiger partial charge in [0.25, 0.3) is 0 Å². The minimum Gasteiger partial charge on any atom is -0.310 e. The summed E-state index contributed by atoms with van der Waals surface area (Å²) in [5, 5.41) is 2.86. The summed E-state index contributed by atoms with van der Waals surface area (Å²) >= 11 is 0. The summed E-state index contributed by atoms with van der Waals surface area (Å²) < 4.78 is 28.4. The first-order valence-corrected chi connectivity index (χ1v) is 8.37. The van der Waals surface area contributed by atoms with Crippen LogP contribution < -0.4 is 5.32 Å². The van der Waals surface area contributed by atoms with Gasteiger partial charge in [0.2, 0.25) is 5.91 Å². The number of carbonyl (C=O) groups excluding carboxylic acids is 1. The largest absolute Gasteiger partial charge is 0.310 e. The molecule has 27 heavy (non-hydrogen) atoms. The van der Waals surface area contributed by atoms with Gasteiger partial charge in [0.1, 0.15) is 28.8 Å². The van der Waals surface area contributed by atoms with E-state index in [4.69, 9.17) is 0 Å². The van der Waals surface area contributed by atoms with Gasteiger partial charge in [-0.1, -0.05) is 30.3 Å². The monoisotopic (exact) mass is 363 g/mol. The number of anilines is 1. The number of amides is 1. The van der Waals surface area contributed by atoms with E-state index in [0.29, 0.717) is 28.3 Å². The van der Waals surface area contributed by atoms with Gasteiger partial charge >= 0.3 is 0 Å². The normalized spacial score (nSPS) is 10.9. The van der Waals surface area contributed by atoms with Crippen molar-refractivity contribution in [2.24, 2.45) is 0 Å². The molecule has 0 spiro atoms. The number of imidazole rings is 1. The van der Waals surface area contributed by atoms with Gasteiger partial charge in [-0.05, 0) is 42.0 Å². The smallest absolute Gasteiger partial charge is 0.229 e. The molecule has 0 aliphatic heterocycles. The number of rotatable bonds is 4. The number of aromatic nitrogens is 2. The van der Waals surface area contributed by atoms with E-state index < -0.39 is 0 Å². The summed E-state index contributed by atoms with van der Waals surface area (Å²) in [6.07, 6.45) is 1.86. The van der Waals surface area contributed by atoms with E-state index in [9.17, 15) is 13.6 Å². The van der Waals surface area contributed by atoms with Gasteiger partial charge in [-0.15, -0.1) is 0 Å². The molecule has 4 rings (SSSR count). The number of carbonyl (C=O) groups is 1. The van der Waals surface area contributed by atoms with E-state index in [2.05, 4.69) is 10.3 Å². The molecule has 2 heterocycles. The van der Waals surface area contributed by atoms with Crippen molar-refractivity contribution in [1.82, 2.24) is 9.38 Å². The van der Waals surface area contributed by atoms with Gasteiger partial charge in [0.05, 0.1) is 6.42 Å². The van der Waals surface area contributed by atoms with E-state index >= 15 is 0 Å². The van der Waals surface area contributed by atoms with Crippen LogP contribution in [0.2, 0.25) is 0 Å². The van der Waals surface area contributed by atoms with Gasteiger partial charge in [-0.2, -0.15) is 0 Å². The van der Waals surface area contributed by atoms with Crippen LogP contribution in [0.15, 0.2) is 72.9 Å². The fourth-order valence-electron chi connectivity index (χ4n) is 2.92. The van der Waals surface area contributed by atoms with E-state index in [1.807, 2.05) is 12.1 Å². The second kappa shape index (κ2) is 6.99. The molecule has 0 saturated carbocycles. The van der Waals surface area contributed by atoms with Crippen LogP contribution in [0.1, 0.15) is 5.56 Å². The number of benzene rings is 2. The lowest BCUT2D eigenvalue weighted by Gasteiger charge is -2.08. The molecule has 0 radical (unpaired) electrons. The maximum Gasteiger partial charge on any atom is 0.229 e. The fraction of sp³-hybridized carbons (Fsp3) is 0.0476. The lowest BCUT2D eigenvalue weighted by molar-refractivity contribution is -0.115. The molecule has 0 saturated heterocycles. The third-order valence-electron chi connectivity index (χ3n) is 4.16. The summed E-state index contributed by atoms with van der Waals surface area (Å²) in [6, 6.07) is 17.3. The molecule has 1 N–H and O–H groups in total. The van der Waals surface area contributed by atoms with Gasteiger partial charge in [0, 0.05) is 11.8 Å². The topological polar surface area (TPSA) is 46.4 Å². The van der Waals surface area contributed by atoms with E-state index in [1.165, 1.54) is 24.3 Å². The summed E-state index contributed by atoms with van der Waals surface area (Å²) in [7, 11) is 0. The van der Waals surface area contributed by atoms with Gasteiger partial charge in [0.15, 0.2) is 0 Å². The maximum absolute atomic E-state index is 13.7. The summed E-state index contributed by atoms with van der Waals surface area (Å²) in [6.45, 7) is 0. The van der Waals surface area contributed by atoms with Crippen LogP contribution in [-0.2, 0) is 11.2 Å². The average Bonchev–Trinajstić information content (AvgIpc) is 3.02. The molecule has 4 nitrogen and oxygen atoms in total. The molecule has 6 heteroatoms. The zero-order valence-electron chi connectivity index (χ0n) is 14.2. The lowest BCUT2D eigenvalue weighted by Crippen LogP contribution is -2.16. The van der Waals surface area contributed by atoms with Crippen molar-refractivity contribution < 1.29 is 13.6 Å². The predicted molar refractivity (Wildman–Crippen MR) is 99.3 cm³/mol. The SMILES string of the molecule is O=C(Cc1ccc(F)cc1)Nc1c(-c2cccc(F)c2)nc2ccccn12. The van der Waals surface area contributed by atoms with Crippen LogP contribution >= 0.6 is 0 Å². The van der Waals surface area contributed by atoms with Crippen molar-refractivity contribution in [3.05, 3.63) is 90.1 Å². The standard InChI is InChI=1S/C21H15F2N3O/c22-16-9-7-14(8-10-16)12-19(27)25-21-20(15-4-3-5-17(23)13-15)24-18-6-1-2-11-26(18)21/h1-11,13H,12H2,(H,25,27). The van der Waals surface area contributed by atoms with Gasteiger partial charge < -0.3 is 5.32 Å². The van der Waals surface area contributed by atoms with Crippen LogP contribution in [0.4, 0.5) is 14.6 Å². The molecule has 0 fully saturated rings. The number of hydrogen-bond acceptors (Lipinski definition) is 2. The molecule has 1 amide bonds. The van der Waals surface area contributed by atoms with Crippen molar-refractivity contribution in [1.29, 1.82) is 0 Å². The first-order chi connectivity index (χ1) is 13.1. The van der Waals surface area contributed by atoms with E-state index in [-0.39, 0.29) is 24.0 Å². The van der Waals surface area contributed by atoms with Gasteiger partial charge in [-0.3, -0.25) is 9.20 Å². The fourth-order valence-corrected chi connectivity index (χ4v) is 2.92. The Labute approximate surface area is 154 Å². The van der Waals surface area contributed by atoms with Crippen LogP contribution in [0.3, 0.4) is 0 Å². The van der Waals surface area contributed by atoms with Crippen LogP contribution in [0, 0.1) is 11.6 Å². The lowest BCUT2D eigenvalue weighted by atomic mass is 10.1. The van der Waals surface area contributed by atoms with Crippen molar-refractivity contribution in [2.45, 2.75) is 6.42 Å². The molecule has 2 aromatic heterocycles. The molecular formula is C21H15F2N3O. The second-order valence-corrected chi connectivity index (χ2v) is 6.10. The number of nitrogens with zero attached hydrogens (tertiary/aromatic N) is 2. The molecule has 0 bridgehead atoms. The molecule has 2 aromatic carbocycles. The Kier molecular flexibility index (Phi) is 4.38. The molecule has 134 valence electrons. The minimum atomic E-state index is -0.381. The Morgan fingerprint density at radius 3 is 2.56 bits per heavy atom. The molecule has 0 atom stereocenters. The van der Waals surface area contributed by atoms with Crippen LogP contribution in [-0.4, -0.2) is 15.3 Å². The number of halogens is 2. The molecule has 4 aromatic rings.